The fourth-order valence-corrected chi connectivity index (χ4v) is 6.51. The van der Waals surface area contributed by atoms with E-state index in [0.29, 0.717) is 69.3 Å². The Balaban J connectivity index is 1.33. The Morgan fingerprint density at radius 1 is 1.04 bits per heavy atom. The number of anilines is 1. The number of nitrogens with one attached hydrogen (secondary N) is 4. The van der Waals surface area contributed by atoms with Gasteiger partial charge >= 0.3 is 0 Å². The molecule has 0 spiro atoms. The van der Waals surface area contributed by atoms with E-state index in [2.05, 4.69) is 50.4 Å². The predicted octanol–water partition coefficient (Wildman–Crippen LogP) is 2.98. The Bertz CT molecular complexity index is 1320. The highest BCUT2D eigenvalue weighted by Gasteiger charge is 2.43. The van der Waals surface area contributed by atoms with E-state index in [1.807, 2.05) is 18.2 Å². The number of hydrogen-bond acceptors (Lipinski definition) is 7. The second kappa shape index (κ2) is 16.0. The van der Waals surface area contributed by atoms with E-state index in [0.717, 1.165) is 50.8 Å². The number of hydrogen-bond donors (Lipinski definition) is 4. The average molecular weight is 620 g/mol. The zero-order chi connectivity index (χ0) is 31.5. The lowest BCUT2D eigenvalue weighted by molar-refractivity contribution is -0.132. The average Bonchev–Trinajstić information content (AvgIpc) is 3.87. The van der Waals surface area contributed by atoms with Gasteiger partial charge in [0.25, 0.3) is 5.91 Å². The monoisotopic (exact) mass is 619 g/mol. The molecule has 1 fully saturated rings. The first-order valence-electron chi connectivity index (χ1n) is 16.6. The Morgan fingerprint density at radius 2 is 1.91 bits per heavy atom. The van der Waals surface area contributed by atoms with Gasteiger partial charge in [-0.2, -0.15) is 0 Å². The zero-order valence-corrected chi connectivity index (χ0v) is 26.6. The number of rotatable bonds is 8. The Labute approximate surface area is 267 Å². The third-order valence-corrected chi connectivity index (χ3v) is 9.09. The van der Waals surface area contributed by atoms with Crippen LogP contribution in [0.1, 0.15) is 56.1 Å². The normalized spacial score (nSPS) is 21.7. The Morgan fingerprint density at radius 3 is 2.76 bits per heavy atom. The first-order valence-corrected chi connectivity index (χ1v) is 16.6. The summed E-state index contributed by atoms with van der Waals surface area (Å²) < 4.78 is 11.4. The minimum atomic E-state index is -0.818. The molecule has 1 atom stereocenters. The molecule has 1 aliphatic carbocycles. The van der Waals surface area contributed by atoms with E-state index in [4.69, 9.17) is 9.47 Å². The number of benzene rings is 2. The van der Waals surface area contributed by atoms with Crippen LogP contribution in [0.25, 0.3) is 0 Å². The van der Waals surface area contributed by atoms with Crippen LogP contribution in [0, 0.1) is 11.3 Å². The molecule has 2 aromatic carbocycles. The largest absolute Gasteiger partial charge is 0.493 e. The number of fused-ring (bicyclic) bond motifs is 3. The lowest BCUT2D eigenvalue weighted by Crippen LogP contribution is -2.50. The van der Waals surface area contributed by atoms with Crippen LogP contribution in [0.4, 0.5) is 5.69 Å². The topological polar surface area (TPSA) is 121 Å². The van der Waals surface area contributed by atoms with E-state index in [-0.39, 0.29) is 30.9 Å². The summed E-state index contributed by atoms with van der Waals surface area (Å²) in [6, 6.07) is 14.2. The van der Waals surface area contributed by atoms with Gasteiger partial charge in [-0.05, 0) is 80.3 Å². The number of ether oxygens (including phenoxy) is 2. The zero-order valence-electron chi connectivity index (χ0n) is 26.6. The van der Waals surface area contributed by atoms with Crippen molar-refractivity contribution in [1.82, 2.24) is 21.3 Å². The van der Waals surface area contributed by atoms with Crippen molar-refractivity contribution in [2.24, 2.45) is 11.3 Å². The minimum absolute atomic E-state index is 0.0255. The maximum absolute atomic E-state index is 14.2. The van der Waals surface area contributed by atoms with Crippen molar-refractivity contribution in [2.75, 3.05) is 64.4 Å². The third-order valence-electron chi connectivity index (χ3n) is 9.09. The lowest BCUT2D eigenvalue weighted by Gasteiger charge is -2.34. The van der Waals surface area contributed by atoms with Crippen LogP contribution in [-0.4, -0.2) is 77.3 Å². The van der Waals surface area contributed by atoms with Crippen LogP contribution in [0.3, 0.4) is 0 Å². The van der Waals surface area contributed by atoms with Gasteiger partial charge in [0.15, 0.2) is 18.1 Å². The van der Waals surface area contributed by atoms with Crippen LogP contribution >= 0.6 is 0 Å². The number of aryl methyl sites for hydroxylation is 1. The van der Waals surface area contributed by atoms with Crippen molar-refractivity contribution in [2.45, 2.75) is 57.8 Å². The van der Waals surface area contributed by atoms with Crippen molar-refractivity contribution in [1.29, 1.82) is 0 Å². The number of nitrogens with zero attached hydrogens (tertiary/aromatic N) is 1. The number of methoxy groups -OCH3 is 1. The molecule has 3 amide bonds. The van der Waals surface area contributed by atoms with Gasteiger partial charge in [-0.1, -0.05) is 37.1 Å². The second-order valence-corrected chi connectivity index (χ2v) is 12.7. The van der Waals surface area contributed by atoms with Crippen LogP contribution in [0.5, 0.6) is 11.5 Å². The molecule has 2 bridgehead atoms. The highest BCUT2D eigenvalue weighted by atomic mass is 16.5. The summed E-state index contributed by atoms with van der Waals surface area (Å²) in [7, 11) is 1.56. The van der Waals surface area contributed by atoms with Gasteiger partial charge in [-0.15, -0.1) is 0 Å². The van der Waals surface area contributed by atoms with Crippen LogP contribution < -0.4 is 35.6 Å². The highest BCUT2D eigenvalue weighted by Crippen LogP contribution is 2.43. The van der Waals surface area contributed by atoms with Gasteiger partial charge in [-0.3, -0.25) is 14.4 Å². The molecule has 2 aliphatic heterocycles. The van der Waals surface area contributed by atoms with E-state index >= 15 is 0 Å². The first kappa shape index (κ1) is 32.6. The van der Waals surface area contributed by atoms with E-state index in [1.54, 1.807) is 7.11 Å². The second-order valence-electron chi connectivity index (χ2n) is 12.7. The molecule has 45 heavy (non-hydrogen) atoms. The van der Waals surface area contributed by atoms with Crippen molar-refractivity contribution in [3.63, 3.8) is 0 Å². The summed E-state index contributed by atoms with van der Waals surface area (Å²) >= 11 is 0. The van der Waals surface area contributed by atoms with Crippen LogP contribution in [0.15, 0.2) is 42.5 Å². The van der Waals surface area contributed by atoms with Crippen molar-refractivity contribution < 1.29 is 23.9 Å². The van der Waals surface area contributed by atoms with Crippen LogP contribution in [0.2, 0.25) is 0 Å². The highest BCUT2D eigenvalue weighted by molar-refractivity contribution is 5.85. The molecule has 10 heteroatoms. The maximum Gasteiger partial charge on any atom is 0.257 e. The number of carbonyl (C=O) groups is 3. The van der Waals surface area contributed by atoms with Gasteiger partial charge in [0.2, 0.25) is 11.8 Å². The van der Waals surface area contributed by atoms with Crippen molar-refractivity contribution in [3.8, 4) is 11.5 Å². The quantitative estimate of drug-likeness (QED) is 0.336. The Kier molecular flexibility index (Phi) is 11.6. The molecule has 4 N–H and O–H groups in total. The fourth-order valence-electron chi connectivity index (χ4n) is 6.51. The molecule has 0 radical (unpaired) electrons. The molecular weight excluding hydrogens is 570 g/mol. The molecule has 2 aromatic rings. The number of carbonyl (C=O) groups excluding carboxylic acids is 3. The molecule has 0 aromatic heterocycles. The summed E-state index contributed by atoms with van der Waals surface area (Å²) in [6.45, 7) is 4.34. The number of para-hydroxylation sites is 1. The van der Waals surface area contributed by atoms with Crippen molar-refractivity contribution >= 4 is 23.4 Å². The molecule has 1 unspecified atom stereocenters. The lowest BCUT2D eigenvalue weighted by atomic mass is 9.75. The van der Waals surface area contributed by atoms with Gasteiger partial charge in [0.05, 0.1) is 12.5 Å². The smallest absolute Gasteiger partial charge is 0.257 e. The number of amides is 3. The summed E-state index contributed by atoms with van der Waals surface area (Å²) in [5.41, 5.74) is 2.77. The minimum Gasteiger partial charge on any atom is -0.493 e. The predicted molar refractivity (Wildman–Crippen MR) is 175 cm³/mol. The molecule has 1 saturated carbocycles. The van der Waals surface area contributed by atoms with Gasteiger partial charge in [-0.25, -0.2) is 0 Å². The van der Waals surface area contributed by atoms with E-state index < -0.39 is 5.41 Å². The molecule has 0 saturated heterocycles. The van der Waals surface area contributed by atoms with Gasteiger partial charge < -0.3 is 35.6 Å². The Hall–Kier alpha value is -3.79. The molecule has 244 valence electrons. The van der Waals surface area contributed by atoms with Crippen LogP contribution in [-0.2, 0) is 27.2 Å². The van der Waals surface area contributed by atoms with E-state index in [9.17, 15) is 14.4 Å². The van der Waals surface area contributed by atoms with Gasteiger partial charge in [0.1, 0.15) is 0 Å². The summed E-state index contributed by atoms with van der Waals surface area (Å²) in [6.07, 6.45) is 7.45. The third kappa shape index (κ3) is 9.36. The van der Waals surface area contributed by atoms with Crippen molar-refractivity contribution in [3.05, 3.63) is 53.6 Å². The summed E-state index contributed by atoms with van der Waals surface area (Å²) in [4.78, 5) is 42.0. The maximum atomic E-state index is 14.2. The standard InChI is InChI=1S/C35H49N5O5/c1-44-30-14-13-27-21-31(30)45-24-33(42)37-18-17-36-15-4-10-32(41)39-25-35(23-27,22-26-11-12-26)34(43)38-16-6-20-40-19-5-8-28-7-2-3-9-29(28)40/h2-3,7,9,13-14,21,26,36H,4-6,8,10-12,15-20,22-25H2,1H3,(H,37,42)(H,38,43)(H,39,41). The molecule has 10 nitrogen and oxygen atoms in total. The molecular formula is C35H49N5O5. The van der Waals surface area contributed by atoms with Gasteiger partial charge in [0, 0.05) is 51.4 Å². The fraction of sp³-hybridized carbons (Fsp3) is 0.571. The SMILES string of the molecule is COc1ccc2cc1OCC(=O)NCCNCCCC(=O)NCC(CC1CC1)(C(=O)NCCCN1CCCc3ccccc31)C2. The molecule has 2 heterocycles. The summed E-state index contributed by atoms with van der Waals surface area (Å²) in [5.74, 6) is 1.13. The molecule has 3 aliphatic rings. The molecule has 5 rings (SSSR count). The first-order chi connectivity index (χ1) is 22.0. The van der Waals surface area contributed by atoms with E-state index in [1.165, 1.54) is 11.3 Å². The summed E-state index contributed by atoms with van der Waals surface area (Å²) in [5, 5.41) is 12.5.